The average molecular weight is 206 g/mol. The van der Waals surface area contributed by atoms with E-state index in [4.69, 9.17) is 5.11 Å². The van der Waals surface area contributed by atoms with Crippen LogP contribution in [0.5, 0.6) is 0 Å². The van der Waals surface area contributed by atoms with Gasteiger partial charge in [-0.1, -0.05) is 18.2 Å². The van der Waals surface area contributed by atoms with Crippen LogP contribution in [0.3, 0.4) is 0 Å². The minimum absolute atomic E-state index is 0.361. The molecule has 1 aliphatic heterocycles. The van der Waals surface area contributed by atoms with Crippen LogP contribution in [0.25, 0.3) is 5.57 Å². The fourth-order valence-corrected chi connectivity index (χ4v) is 2.38. The summed E-state index contributed by atoms with van der Waals surface area (Å²) in [6.07, 6.45) is 2.16. The van der Waals surface area contributed by atoms with Crippen molar-refractivity contribution >= 4 is 23.3 Å². The Morgan fingerprint density at radius 3 is 2.93 bits per heavy atom. The lowest BCUT2D eigenvalue weighted by molar-refractivity contribution is 0.0697. The van der Waals surface area contributed by atoms with Gasteiger partial charge in [-0.15, -0.1) is 0 Å². The van der Waals surface area contributed by atoms with Gasteiger partial charge in [0.15, 0.2) is 0 Å². The zero-order valence-corrected chi connectivity index (χ0v) is 8.38. The fraction of sp³-hybridized carbons (Fsp3) is 0.182. The molecule has 0 fully saturated rings. The molecule has 14 heavy (non-hydrogen) atoms. The van der Waals surface area contributed by atoms with Crippen LogP contribution in [0.15, 0.2) is 30.3 Å². The van der Waals surface area contributed by atoms with Crippen molar-refractivity contribution in [3.05, 3.63) is 41.5 Å². The Labute approximate surface area is 86.6 Å². The average Bonchev–Trinajstić information content (AvgIpc) is 2.71. The highest BCUT2D eigenvalue weighted by molar-refractivity contribution is 8.00. The first-order valence-corrected chi connectivity index (χ1v) is 5.53. The second-order valence-electron chi connectivity index (χ2n) is 3.13. The van der Waals surface area contributed by atoms with Crippen molar-refractivity contribution in [1.82, 2.24) is 0 Å². The summed E-state index contributed by atoms with van der Waals surface area (Å²) >= 11 is 1.85. The van der Waals surface area contributed by atoms with Crippen molar-refractivity contribution in [3.63, 3.8) is 0 Å². The molecular formula is C11H10O2S. The molecule has 3 heteroatoms. The van der Waals surface area contributed by atoms with Crippen molar-refractivity contribution < 1.29 is 9.90 Å². The molecule has 0 saturated carbocycles. The van der Waals surface area contributed by atoms with Gasteiger partial charge in [-0.2, -0.15) is 11.8 Å². The van der Waals surface area contributed by atoms with E-state index in [1.807, 2.05) is 17.8 Å². The number of carboxylic acids is 1. The highest BCUT2D eigenvalue weighted by Crippen LogP contribution is 2.26. The molecule has 0 atom stereocenters. The summed E-state index contributed by atoms with van der Waals surface area (Å²) in [6.45, 7) is 0. The van der Waals surface area contributed by atoms with Crippen LogP contribution in [0, 0.1) is 0 Å². The van der Waals surface area contributed by atoms with Gasteiger partial charge < -0.3 is 5.11 Å². The lowest BCUT2D eigenvalue weighted by Crippen LogP contribution is -1.96. The SMILES string of the molecule is O=C(O)c1cccc(C2=CCSC2)c1. The van der Waals surface area contributed by atoms with Gasteiger partial charge >= 0.3 is 5.97 Å². The van der Waals surface area contributed by atoms with Crippen LogP contribution >= 0.6 is 11.8 Å². The van der Waals surface area contributed by atoms with Crippen LogP contribution in [0.2, 0.25) is 0 Å². The molecule has 0 bridgehead atoms. The zero-order valence-electron chi connectivity index (χ0n) is 7.56. The molecule has 0 saturated heterocycles. The van der Waals surface area contributed by atoms with Gasteiger partial charge in [0.05, 0.1) is 5.56 Å². The Morgan fingerprint density at radius 2 is 2.29 bits per heavy atom. The molecule has 1 aliphatic rings. The predicted octanol–water partition coefficient (Wildman–Crippen LogP) is 2.52. The van der Waals surface area contributed by atoms with Crippen LogP contribution in [-0.2, 0) is 0 Å². The van der Waals surface area contributed by atoms with E-state index in [0.717, 1.165) is 17.1 Å². The minimum atomic E-state index is -0.863. The molecule has 0 amide bonds. The highest BCUT2D eigenvalue weighted by Gasteiger charge is 2.09. The van der Waals surface area contributed by atoms with Crippen molar-refractivity contribution in [2.24, 2.45) is 0 Å². The van der Waals surface area contributed by atoms with Crippen molar-refractivity contribution in [2.45, 2.75) is 0 Å². The van der Waals surface area contributed by atoms with Gasteiger partial charge in [-0.05, 0) is 23.3 Å². The molecule has 1 aromatic rings. The van der Waals surface area contributed by atoms with E-state index >= 15 is 0 Å². The summed E-state index contributed by atoms with van der Waals surface area (Å²) in [5.74, 6) is 1.16. The molecular weight excluding hydrogens is 196 g/mol. The van der Waals surface area contributed by atoms with E-state index < -0.39 is 5.97 Å². The molecule has 1 heterocycles. The van der Waals surface area contributed by atoms with E-state index in [1.165, 1.54) is 5.57 Å². The molecule has 0 radical (unpaired) electrons. The summed E-state index contributed by atoms with van der Waals surface area (Å²) in [5.41, 5.74) is 2.65. The molecule has 0 aliphatic carbocycles. The van der Waals surface area contributed by atoms with Gasteiger partial charge in [0.25, 0.3) is 0 Å². The summed E-state index contributed by atoms with van der Waals surface area (Å²) in [6, 6.07) is 7.11. The topological polar surface area (TPSA) is 37.3 Å². The molecule has 0 aromatic heterocycles. The third-order valence-electron chi connectivity index (χ3n) is 2.19. The number of rotatable bonds is 2. The van der Waals surface area contributed by atoms with Crippen LogP contribution in [0.4, 0.5) is 0 Å². The van der Waals surface area contributed by atoms with E-state index in [-0.39, 0.29) is 0 Å². The molecule has 1 N–H and O–H groups in total. The standard InChI is InChI=1S/C11H10O2S/c12-11(13)9-3-1-2-8(6-9)10-4-5-14-7-10/h1-4,6H,5,7H2,(H,12,13). The van der Waals surface area contributed by atoms with Crippen molar-refractivity contribution in [1.29, 1.82) is 0 Å². The third kappa shape index (κ3) is 1.82. The number of thioether (sulfide) groups is 1. The second kappa shape index (κ2) is 3.88. The fourth-order valence-electron chi connectivity index (χ4n) is 1.44. The van der Waals surface area contributed by atoms with Gasteiger partial charge in [-0.3, -0.25) is 0 Å². The zero-order chi connectivity index (χ0) is 9.97. The number of hydrogen-bond donors (Lipinski definition) is 1. The first-order valence-electron chi connectivity index (χ1n) is 4.38. The third-order valence-corrected chi connectivity index (χ3v) is 3.10. The molecule has 2 rings (SSSR count). The second-order valence-corrected chi connectivity index (χ2v) is 4.16. The van der Waals surface area contributed by atoms with Crippen LogP contribution < -0.4 is 0 Å². The number of aromatic carboxylic acids is 1. The highest BCUT2D eigenvalue weighted by atomic mass is 32.2. The van der Waals surface area contributed by atoms with Gasteiger partial charge in [0.1, 0.15) is 0 Å². The Morgan fingerprint density at radius 1 is 1.43 bits per heavy atom. The number of carboxylic acid groups (broad SMARTS) is 1. The molecule has 0 unspecified atom stereocenters. The van der Waals surface area contributed by atoms with E-state index in [0.29, 0.717) is 5.56 Å². The summed E-state index contributed by atoms with van der Waals surface area (Å²) in [7, 11) is 0. The van der Waals surface area contributed by atoms with Crippen LogP contribution in [-0.4, -0.2) is 22.6 Å². The lowest BCUT2D eigenvalue weighted by Gasteiger charge is -2.02. The van der Waals surface area contributed by atoms with Gasteiger partial charge in [0, 0.05) is 11.5 Å². The van der Waals surface area contributed by atoms with Crippen LogP contribution in [0.1, 0.15) is 15.9 Å². The first kappa shape index (κ1) is 9.34. The maximum atomic E-state index is 10.7. The summed E-state index contributed by atoms with van der Waals surface area (Å²) in [5, 5.41) is 8.83. The van der Waals surface area contributed by atoms with E-state index in [2.05, 4.69) is 6.08 Å². The summed E-state index contributed by atoms with van der Waals surface area (Å²) in [4.78, 5) is 10.7. The van der Waals surface area contributed by atoms with Crippen molar-refractivity contribution in [3.8, 4) is 0 Å². The monoisotopic (exact) mass is 206 g/mol. The normalized spacial score (nSPS) is 15.3. The molecule has 2 nitrogen and oxygen atoms in total. The van der Waals surface area contributed by atoms with E-state index in [9.17, 15) is 4.79 Å². The number of hydrogen-bond acceptors (Lipinski definition) is 2. The molecule has 0 spiro atoms. The quantitative estimate of drug-likeness (QED) is 0.807. The largest absolute Gasteiger partial charge is 0.478 e. The molecule has 1 aromatic carbocycles. The Kier molecular flexibility index (Phi) is 2.59. The van der Waals surface area contributed by atoms with Gasteiger partial charge in [0.2, 0.25) is 0 Å². The Bertz CT molecular complexity index is 396. The predicted molar refractivity (Wildman–Crippen MR) is 58.7 cm³/mol. The smallest absolute Gasteiger partial charge is 0.335 e. The minimum Gasteiger partial charge on any atom is -0.478 e. The molecule has 72 valence electrons. The van der Waals surface area contributed by atoms with Crippen molar-refractivity contribution in [2.75, 3.05) is 11.5 Å². The lowest BCUT2D eigenvalue weighted by atomic mass is 10.0. The van der Waals surface area contributed by atoms with Gasteiger partial charge in [-0.25, -0.2) is 4.79 Å². The summed E-state index contributed by atoms with van der Waals surface area (Å²) < 4.78 is 0. The Balaban J connectivity index is 2.34. The van der Waals surface area contributed by atoms with E-state index in [1.54, 1.807) is 18.2 Å². The maximum absolute atomic E-state index is 10.7. The Hall–Kier alpha value is -1.22. The first-order chi connectivity index (χ1) is 6.77. The number of carbonyl (C=O) groups is 1. The number of benzene rings is 1. The maximum Gasteiger partial charge on any atom is 0.335 e.